The molecule has 1 saturated heterocycles. The predicted molar refractivity (Wildman–Crippen MR) is 103 cm³/mol. The molecule has 0 aliphatic carbocycles. The molecule has 25 heavy (non-hydrogen) atoms. The van der Waals surface area contributed by atoms with Crippen molar-refractivity contribution in [1.29, 1.82) is 0 Å². The molecule has 2 aromatic carbocycles. The first-order chi connectivity index (χ1) is 11.5. The molecule has 0 bridgehead atoms. The van der Waals surface area contributed by atoms with Crippen molar-refractivity contribution in [3.63, 3.8) is 0 Å². The van der Waals surface area contributed by atoms with Gasteiger partial charge in [-0.2, -0.15) is 0 Å². The standard InChI is InChI=1S/C18H22N2O3S.ClH/c19-12-17(16-6-5-13-3-1-2-4-15(13)11-16)20-18(21)14-7-9-24(22,23)10-8-14;/h1-6,11,14,17H,7-10,12,19H2,(H,20,21);1H. The molecule has 3 N–H and O–H groups in total. The highest BCUT2D eigenvalue weighted by Crippen LogP contribution is 2.23. The summed E-state index contributed by atoms with van der Waals surface area (Å²) in [7, 11) is -2.96. The maximum Gasteiger partial charge on any atom is 0.223 e. The van der Waals surface area contributed by atoms with Gasteiger partial charge in [-0.3, -0.25) is 4.79 Å². The fourth-order valence-electron chi connectivity index (χ4n) is 3.14. The number of fused-ring (bicyclic) bond motifs is 1. The first kappa shape index (κ1) is 19.7. The Morgan fingerprint density at radius 1 is 1.12 bits per heavy atom. The van der Waals surface area contributed by atoms with Crippen LogP contribution in [0, 0.1) is 5.92 Å². The summed E-state index contributed by atoms with van der Waals surface area (Å²) in [6.45, 7) is 0.301. The summed E-state index contributed by atoms with van der Waals surface area (Å²) >= 11 is 0. The molecule has 3 rings (SSSR count). The van der Waals surface area contributed by atoms with Crippen LogP contribution >= 0.6 is 12.4 Å². The van der Waals surface area contributed by atoms with Crippen LogP contribution in [-0.4, -0.2) is 32.4 Å². The van der Waals surface area contributed by atoms with Crippen LogP contribution in [0.1, 0.15) is 24.4 Å². The Bertz CT molecular complexity index is 840. The number of nitrogens with one attached hydrogen (secondary N) is 1. The molecule has 0 saturated carbocycles. The lowest BCUT2D eigenvalue weighted by Gasteiger charge is -2.25. The highest BCUT2D eigenvalue weighted by atomic mass is 35.5. The van der Waals surface area contributed by atoms with Crippen molar-refractivity contribution in [2.24, 2.45) is 11.7 Å². The Balaban J connectivity index is 0.00000225. The zero-order valence-electron chi connectivity index (χ0n) is 13.9. The number of carbonyl (C=O) groups is 1. The highest BCUT2D eigenvalue weighted by molar-refractivity contribution is 7.91. The number of sulfone groups is 1. The fourth-order valence-corrected chi connectivity index (χ4v) is 4.64. The van der Waals surface area contributed by atoms with Crippen molar-refractivity contribution in [1.82, 2.24) is 5.32 Å². The van der Waals surface area contributed by atoms with Crippen molar-refractivity contribution < 1.29 is 13.2 Å². The molecular weight excluding hydrogens is 360 g/mol. The van der Waals surface area contributed by atoms with Gasteiger partial charge in [0, 0.05) is 12.5 Å². The Kier molecular flexibility index (Phi) is 6.43. The number of benzene rings is 2. The van der Waals surface area contributed by atoms with E-state index in [0.717, 1.165) is 16.3 Å². The molecule has 1 atom stereocenters. The quantitative estimate of drug-likeness (QED) is 0.848. The van der Waals surface area contributed by atoms with Crippen LogP contribution in [0.2, 0.25) is 0 Å². The van der Waals surface area contributed by atoms with Crippen molar-refractivity contribution in [3.8, 4) is 0 Å². The zero-order valence-corrected chi connectivity index (χ0v) is 15.5. The van der Waals surface area contributed by atoms with Gasteiger partial charge in [-0.25, -0.2) is 8.42 Å². The van der Waals surface area contributed by atoms with Gasteiger partial charge < -0.3 is 11.1 Å². The first-order valence-electron chi connectivity index (χ1n) is 8.18. The lowest BCUT2D eigenvalue weighted by Crippen LogP contribution is -2.40. The van der Waals surface area contributed by atoms with Crippen LogP contribution in [0.3, 0.4) is 0 Å². The molecule has 5 nitrogen and oxygen atoms in total. The molecule has 0 spiro atoms. The minimum Gasteiger partial charge on any atom is -0.348 e. The summed E-state index contributed by atoms with van der Waals surface area (Å²) in [6, 6.07) is 13.8. The monoisotopic (exact) mass is 382 g/mol. The number of carbonyl (C=O) groups excluding carboxylic acids is 1. The minimum atomic E-state index is -2.96. The number of hydrogen-bond acceptors (Lipinski definition) is 4. The normalized spacial score (nSPS) is 18.3. The van der Waals surface area contributed by atoms with E-state index in [1.54, 1.807) is 0 Å². The molecule has 136 valence electrons. The Hall–Kier alpha value is -1.63. The van der Waals surface area contributed by atoms with Crippen LogP contribution in [0.25, 0.3) is 10.8 Å². The molecule has 1 aliphatic heterocycles. The molecule has 1 aliphatic rings. The molecular formula is C18H23ClN2O3S. The largest absolute Gasteiger partial charge is 0.348 e. The van der Waals surface area contributed by atoms with E-state index < -0.39 is 9.84 Å². The topological polar surface area (TPSA) is 89.3 Å². The molecule has 1 unspecified atom stereocenters. The number of hydrogen-bond donors (Lipinski definition) is 2. The number of halogens is 1. The van der Waals surface area contributed by atoms with Crippen molar-refractivity contribution in [3.05, 3.63) is 48.0 Å². The highest BCUT2D eigenvalue weighted by Gasteiger charge is 2.29. The SMILES string of the molecule is Cl.NCC(NC(=O)C1CCS(=O)(=O)CC1)c1ccc2ccccc2c1. The molecule has 1 amide bonds. The molecule has 1 fully saturated rings. The van der Waals surface area contributed by atoms with E-state index in [1.807, 2.05) is 42.5 Å². The van der Waals surface area contributed by atoms with E-state index >= 15 is 0 Å². The van der Waals surface area contributed by atoms with E-state index in [1.165, 1.54) is 0 Å². The van der Waals surface area contributed by atoms with Gasteiger partial charge in [-0.05, 0) is 35.2 Å². The average Bonchev–Trinajstić information content (AvgIpc) is 2.59. The second-order valence-corrected chi connectivity index (χ2v) is 8.63. The Labute approximate surface area is 154 Å². The van der Waals surface area contributed by atoms with E-state index in [2.05, 4.69) is 5.32 Å². The van der Waals surface area contributed by atoms with Gasteiger partial charge in [-0.1, -0.05) is 36.4 Å². The third kappa shape index (κ3) is 4.71. The van der Waals surface area contributed by atoms with Gasteiger partial charge in [0.25, 0.3) is 0 Å². The summed E-state index contributed by atoms with van der Waals surface area (Å²) < 4.78 is 23.0. The summed E-state index contributed by atoms with van der Waals surface area (Å²) in [4.78, 5) is 12.5. The van der Waals surface area contributed by atoms with E-state index in [4.69, 9.17) is 5.73 Å². The zero-order chi connectivity index (χ0) is 17.2. The van der Waals surface area contributed by atoms with E-state index in [-0.39, 0.29) is 41.8 Å². The maximum atomic E-state index is 12.5. The third-order valence-corrected chi connectivity index (χ3v) is 6.37. The number of amides is 1. The summed E-state index contributed by atoms with van der Waals surface area (Å²) in [5, 5.41) is 5.23. The molecule has 0 radical (unpaired) electrons. The first-order valence-corrected chi connectivity index (χ1v) is 10.0. The van der Waals surface area contributed by atoms with Gasteiger partial charge >= 0.3 is 0 Å². The smallest absolute Gasteiger partial charge is 0.223 e. The Morgan fingerprint density at radius 3 is 2.40 bits per heavy atom. The minimum absolute atomic E-state index is 0. The van der Waals surface area contributed by atoms with Crippen LogP contribution in [0.5, 0.6) is 0 Å². The van der Waals surface area contributed by atoms with Gasteiger partial charge in [-0.15, -0.1) is 12.4 Å². The van der Waals surface area contributed by atoms with Crippen LogP contribution < -0.4 is 11.1 Å². The summed E-state index contributed by atoms with van der Waals surface area (Å²) in [6.07, 6.45) is 0.784. The summed E-state index contributed by atoms with van der Waals surface area (Å²) in [5.74, 6) is -0.167. The Morgan fingerprint density at radius 2 is 1.76 bits per heavy atom. The fraction of sp³-hybridized carbons (Fsp3) is 0.389. The van der Waals surface area contributed by atoms with E-state index in [9.17, 15) is 13.2 Å². The second kappa shape index (κ2) is 8.17. The third-order valence-electron chi connectivity index (χ3n) is 4.65. The van der Waals surface area contributed by atoms with Crippen molar-refractivity contribution in [2.45, 2.75) is 18.9 Å². The van der Waals surface area contributed by atoms with Crippen LogP contribution in [-0.2, 0) is 14.6 Å². The lowest BCUT2D eigenvalue weighted by atomic mass is 9.98. The van der Waals surface area contributed by atoms with Crippen LogP contribution in [0.15, 0.2) is 42.5 Å². The maximum absolute atomic E-state index is 12.5. The average molecular weight is 383 g/mol. The van der Waals surface area contributed by atoms with Crippen molar-refractivity contribution >= 4 is 38.9 Å². The van der Waals surface area contributed by atoms with E-state index in [0.29, 0.717) is 19.4 Å². The van der Waals surface area contributed by atoms with Crippen LogP contribution in [0.4, 0.5) is 0 Å². The molecule has 7 heteroatoms. The molecule has 0 aromatic heterocycles. The number of rotatable bonds is 4. The van der Waals surface area contributed by atoms with Crippen molar-refractivity contribution in [2.75, 3.05) is 18.1 Å². The predicted octanol–water partition coefficient (Wildman–Crippen LogP) is 2.20. The second-order valence-electron chi connectivity index (χ2n) is 6.33. The van der Waals surface area contributed by atoms with Gasteiger partial charge in [0.05, 0.1) is 17.5 Å². The molecule has 1 heterocycles. The summed E-state index contributed by atoms with van der Waals surface area (Å²) in [5.41, 5.74) is 6.82. The molecule has 2 aromatic rings. The lowest BCUT2D eigenvalue weighted by molar-refractivity contribution is -0.125. The van der Waals surface area contributed by atoms with Gasteiger partial charge in [0.2, 0.25) is 5.91 Å². The van der Waals surface area contributed by atoms with Gasteiger partial charge in [0.1, 0.15) is 9.84 Å². The van der Waals surface area contributed by atoms with Gasteiger partial charge in [0.15, 0.2) is 0 Å². The number of nitrogens with two attached hydrogens (primary N) is 1.